The van der Waals surface area contributed by atoms with Gasteiger partial charge in [0.05, 0.1) is 23.8 Å². The van der Waals surface area contributed by atoms with Crippen molar-refractivity contribution in [2.75, 3.05) is 13.7 Å². The van der Waals surface area contributed by atoms with Gasteiger partial charge in [0, 0.05) is 30.4 Å². The Morgan fingerprint density at radius 3 is 2.44 bits per heavy atom. The van der Waals surface area contributed by atoms with Crippen molar-refractivity contribution in [2.45, 2.75) is 30.9 Å². The van der Waals surface area contributed by atoms with Gasteiger partial charge in [0.2, 0.25) is 5.88 Å². The topological polar surface area (TPSA) is 136 Å². The molecule has 2 heterocycles. The highest BCUT2D eigenvalue weighted by molar-refractivity contribution is 5.70. The molecule has 2 aromatic heterocycles. The van der Waals surface area contributed by atoms with E-state index in [2.05, 4.69) is 9.72 Å². The Kier molecular flexibility index (Phi) is 7.26. The molecular formula is C24H20F4N4O7. The molecule has 39 heavy (non-hydrogen) atoms. The molecule has 1 aromatic carbocycles. The van der Waals surface area contributed by atoms with Gasteiger partial charge < -0.3 is 9.47 Å². The Balaban J connectivity index is 1.83. The maximum atomic E-state index is 15.1. The van der Waals surface area contributed by atoms with Crippen molar-refractivity contribution in [1.82, 2.24) is 14.1 Å². The number of pyridine rings is 1. The Morgan fingerprint density at radius 1 is 1.18 bits per heavy atom. The molecule has 4 rings (SSSR count). The third kappa shape index (κ3) is 5.11. The van der Waals surface area contributed by atoms with Crippen molar-refractivity contribution >= 4 is 11.7 Å². The molecule has 2 atom stereocenters. The minimum atomic E-state index is -5.03. The van der Waals surface area contributed by atoms with Crippen LogP contribution in [0, 0.1) is 15.9 Å². The maximum Gasteiger partial charge on any atom is 0.431 e. The second-order valence-corrected chi connectivity index (χ2v) is 8.72. The van der Waals surface area contributed by atoms with Gasteiger partial charge in [0.1, 0.15) is 5.69 Å². The van der Waals surface area contributed by atoms with Crippen LogP contribution < -0.4 is 16.0 Å². The summed E-state index contributed by atoms with van der Waals surface area (Å²) in [5, 5.41) is 11.8. The number of nitrogens with zero attached hydrogens (tertiary/aromatic N) is 4. The van der Waals surface area contributed by atoms with Gasteiger partial charge in [-0.25, -0.2) is 23.5 Å². The first kappa shape index (κ1) is 27.5. The first-order valence-electron chi connectivity index (χ1n) is 11.4. The highest BCUT2D eigenvalue weighted by Gasteiger charge is 2.40. The summed E-state index contributed by atoms with van der Waals surface area (Å²) in [6, 6.07) is 4.84. The van der Waals surface area contributed by atoms with E-state index < -0.39 is 69.6 Å². The standard InChI is InChI=1S/C24H20F4N4O7/c1-30-19(24(26,27)28)10-20(33)31(23(30)35)18-8-15(17(32(36)37)9-16(18)25)13-6-5-12(13)14-4-3-7-29-22(14)39-11-21(34)38-2/h3-4,7-10,12-13H,5-6,11H2,1-2H3. The fraction of sp³-hybridized carbons (Fsp3) is 0.333. The fourth-order valence-corrected chi connectivity index (χ4v) is 4.55. The Labute approximate surface area is 216 Å². The molecule has 0 amide bonds. The molecule has 15 heteroatoms. The number of methoxy groups -OCH3 is 1. The number of carbonyl (C=O) groups excluding carboxylic acids is 1. The number of halogens is 4. The van der Waals surface area contributed by atoms with E-state index in [1.54, 1.807) is 12.1 Å². The fourth-order valence-electron chi connectivity index (χ4n) is 4.55. The lowest BCUT2D eigenvalue weighted by Crippen LogP contribution is -2.41. The number of nitro groups is 1. The summed E-state index contributed by atoms with van der Waals surface area (Å²) in [5.41, 5.74) is -5.38. The molecule has 0 saturated heterocycles. The summed E-state index contributed by atoms with van der Waals surface area (Å²) in [6.07, 6.45) is -2.74. The lowest BCUT2D eigenvalue weighted by Gasteiger charge is -2.37. The van der Waals surface area contributed by atoms with Gasteiger partial charge in [-0.2, -0.15) is 13.2 Å². The number of ether oxygens (including phenoxy) is 2. The van der Waals surface area contributed by atoms with Crippen LogP contribution in [0.5, 0.6) is 5.88 Å². The molecule has 0 bridgehead atoms. The highest BCUT2D eigenvalue weighted by Crippen LogP contribution is 2.53. The number of benzene rings is 1. The third-order valence-corrected chi connectivity index (χ3v) is 6.57. The zero-order chi connectivity index (χ0) is 28.6. The predicted molar refractivity (Wildman–Crippen MR) is 125 cm³/mol. The average molecular weight is 552 g/mol. The third-order valence-electron chi connectivity index (χ3n) is 6.57. The molecule has 0 N–H and O–H groups in total. The van der Waals surface area contributed by atoms with Crippen molar-refractivity contribution in [3.05, 3.63) is 90.1 Å². The van der Waals surface area contributed by atoms with Crippen LogP contribution in [0.2, 0.25) is 0 Å². The normalized spacial score (nSPS) is 16.9. The first-order chi connectivity index (χ1) is 18.3. The van der Waals surface area contributed by atoms with Crippen molar-refractivity contribution < 1.29 is 36.8 Å². The molecule has 1 fully saturated rings. The first-order valence-corrected chi connectivity index (χ1v) is 11.4. The van der Waals surface area contributed by atoms with Crippen molar-refractivity contribution in [3.63, 3.8) is 0 Å². The molecule has 2 unspecified atom stereocenters. The molecule has 0 radical (unpaired) electrons. The van der Waals surface area contributed by atoms with E-state index in [0.717, 1.165) is 13.1 Å². The van der Waals surface area contributed by atoms with Crippen LogP contribution in [0.25, 0.3) is 5.69 Å². The van der Waals surface area contributed by atoms with E-state index in [1.807, 2.05) is 0 Å². The van der Waals surface area contributed by atoms with Crippen LogP contribution in [0.15, 0.2) is 46.1 Å². The second-order valence-electron chi connectivity index (χ2n) is 8.72. The molecule has 1 aliphatic rings. The van der Waals surface area contributed by atoms with Gasteiger partial charge in [0.25, 0.3) is 11.2 Å². The van der Waals surface area contributed by atoms with Crippen LogP contribution in [-0.4, -0.2) is 38.7 Å². The van der Waals surface area contributed by atoms with E-state index in [-0.39, 0.29) is 26.6 Å². The molecule has 11 nitrogen and oxygen atoms in total. The Hall–Kier alpha value is -4.56. The maximum absolute atomic E-state index is 15.1. The SMILES string of the molecule is COC(=O)COc1ncccc1C1CCC1c1cc(-n2c(=O)cc(C(F)(F)F)n(C)c2=O)c(F)cc1[N+](=O)[O-]. The largest absolute Gasteiger partial charge is 0.466 e. The van der Waals surface area contributed by atoms with Crippen LogP contribution in [-0.2, 0) is 22.8 Å². The number of hydrogen-bond donors (Lipinski definition) is 0. The monoisotopic (exact) mass is 552 g/mol. The molecule has 1 saturated carbocycles. The molecule has 0 aliphatic heterocycles. The Morgan fingerprint density at radius 2 is 1.85 bits per heavy atom. The number of aromatic nitrogens is 3. The van der Waals surface area contributed by atoms with Crippen molar-refractivity contribution in [1.29, 1.82) is 0 Å². The van der Waals surface area contributed by atoms with Gasteiger partial charge in [-0.05, 0) is 36.8 Å². The molecule has 1 aliphatic carbocycles. The quantitative estimate of drug-likeness (QED) is 0.189. The van der Waals surface area contributed by atoms with E-state index in [9.17, 15) is 37.7 Å². The van der Waals surface area contributed by atoms with E-state index >= 15 is 4.39 Å². The van der Waals surface area contributed by atoms with Gasteiger partial charge in [0.15, 0.2) is 12.4 Å². The lowest BCUT2D eigenvalue weighted by molar-refractivity contribution is -0.386. The van der Waals surface area contributed by atoms with Crippen molar-refractivity contribution in [3.8, 4) is 11.6 Å². The molecule has 3 aromatic rings. The van der Waals surface area contributed by atoms with Crippen molar-refractivity contribution in [2.24, 2.45) is 7.05 Å². The molecular weight excluding hydrogens is 532 g/mol. The number of carbonyl (C=O) groups is 1. The summed E-state index contributed by atoms with van der Waals surface area (Å²) in [7, 11) is 1.94. The van der Waals surface area contributed by atoms with Crippen LogP contribution >= 0.6 is 0 Å². The number of rotatable bonds is 7. The van der Waals surface area contributed by atoms with Crippen LogP contribution in [0.3, 0.4) is 0 Å². The molecule has 206 valence electrons. The molecule has 0 spiro atoms. The predicted octanol–water partition coefficient (Wildman–Crippen LogP) is 3.21. The summed E-state index contributed by atoms with van der Waals surface area (Å²) in [5.74, 6) is -3.02. The smallest absolute Gasteiger partial charge is 0.431 e. The summed E-state index contributed by atoms with van der Waals surface area (Å²) >= 11 is 0. The van der Waals surface area contributed by atoms with Crippen LogP contribution in [0.4, 0.5) is 23.2 Å². The summed E-state index contributed by atoms with van der Waals surface area (Å²) < 4.78 is 65.1. The average Bonchev–Trinajstić information content (AvgIpc) is 2.85. The van der Waals surface area contributed by atoms with E-state index in [4.69, 9.17) is 4.74 Å². The lowest BCUT2D eigenvalue weighted by atomic mass is 9.66. The Bertz CT molecular complexity index is 1580. The minimum absolute atomic E-state index is 0.0377. The summed E-state index contributed by atoms with van der Waals surface area (Å²) in [4.78, 5) is 51.9. The number of hydrogen-bond acceptors (Lipinski definition) is 8. The zero-order valence-electron chi connectivity index (χ0n) is 20.4. The van der Waals surface area contributed by atoms with E-state index in [0.29, 0.717) is 24.5 Å². The number of alkyl halides is 3. The minimum Gasteiger partial charge on any atom is -0.466 e. The summed E-state index contributed by atoms with van der Waals surface area (Å²) in [6.45, 7) is -0.446. The van der Waals surface area contributed by atoms with Crippen LogP contribution in [0.1, 0.15) is 41.5 Å². The number of nitro benzene ring substituents is 1. The zero-order valence-corrected chi connectivity index (χ0v) is 20.4. The highest BCUT2D eigenvalue weighted by atomic mass is 19.4. The number of esters is 1. The van der Waals surface area contributed by atoms with Gasteiger partial charge in [-0.1, -0.05) is 6.07 Å². The van der Waals surface area contributed by atoms with E-state index in [1.165, 1.54) is 13.3 Å². The van der Waals surface area contributed by atoms with Gasteiger partial charge in [-0.3, -0.25) is 19.5 Å². The second kappa shape index (κ2) is 10.3. The van der Waals surface area contributed by atoms with Gasteiger partial charge in [-0.15, -0.1) is 0 Å². The van der Waals surface area contributed by atoms with Gasteiger partial charge >= 0.3 is 17.8 Å².